The smallest absolute Gasteiger partial charge is 0.252 e. The first-order valence-electron chi connectivity index (χ1n) is 9.97. The van der Waals surface area contributed by atoms with Crippen molar-refractivity contribution in [2.75, 3.05) is 32.3 Å². The molecule has 0 fully saturated rings. The summed E-state index contributed by atoms with van der Waals surface area (Å²) in [6.45, 7) is 0.982. The number of primary amides is 1. The Morgan fingerprint density at radius 1 is 1.16 bits per heavy atom. The quantitative estimate of drug-likeness (QED) is 0.562. The van der Waals surface area contributed by atoms with Crippen LogP contribution in [0.4, 0.5) is 5.69 Å². The predicted octanol–water partition coefficient (Wildman–Crippen LogP) is 3.03. The summed E-state index contributed by atoms with van der Waals surface area (Å²) in [5, 5.41) is 2.77. The molecule has 2 aromatic carbocycles. The first-order valence-corrected chi connectivity index (χ1v) is 10.8. The number of carbonyl (C=O) groups excluding carboxylic acids is 2. The second-order valence-electron chi connectivity index (χ2n) is 7.25. The first kappa shape index (κ1) is 21.8. The van der Waals surface area contributed by atoms with Crippen LogP contribution in [0.3, 0.4) is 0 Å². The largest absolute Gasteiger partial charge is 0.497 e. The highest BCUT2D eigenvalue weighted by Crippen LogP contribution is 2.33. The SMILES string of the molecule is COCC(=O)N1CCc2cc(-c3csc(COc4cc(OC)cc(C(N)=O)c4)n3)ccc21. The minimum absolute atomic E-state index is 0.0378. The average Bonchev–Trinajstić information content (AvgIpc) is 3.44. The van der Waals surface area contributed by atoms with Crippen LogP contribution in [0.25, 0.3) is 11.3 Å². The lowest BCUT2D eigenvalue weighted by Crippen LogP contribution is -2.31. The van der Waals surface area contributed by atoms with Gasteiger partial charge in [0, 0.05) is 41.9 Å². The maximum absolute atomic E-state index is 12.2. The molecule has 9 heteroatoms. The minimum Gasteiger partial charge on any atom is -0.497 e. The van der Waals surface area contributed by atoms with Crippen molar-refractivity contribution in [3.05, 3.63) is 57.9 Å². The normalized spacial score (nSPS) is 12.5. The van der Waals surface area contributed by atoms with Crippen molar-refractivity contribution in [3.63, 3.8) is 0 Å². The topological polar surface area (TPSA) is 104 Å². The van der Waals surface area contributed by atoms with Crippen LogP contribution >= 0.6 is 11.3 Å². The third kappa shape index (κ3) is 4.58. The Balaban J connectivity index is 1.47. The maximum atomic E-state index is 12.2. The highest BCUT2D eigenvalue weighted by Gasteiger charge is 2.25. The number of nitrogens with two attached hydrogens (primary N) is 1. The van der Waals surface area contributed by atoms with Crippen molar-refractivity contribution < 1.29 is 23.8 Å². The van der Waals surface area contributed by atoms with E-state index < -0.39 is 5.91 Å². The summed E-state index contributed by atoms with van der Waals surface area (Å²) in [4.78, 5) is 30.1. The number of anilines is 1. The molecule has 0 unspecified atom stereocenters. The summed E-state index contributed by atoms with van der Waals surface area (Å²) >= 11 is 1.49. The highest BCUT2D eigenvalue weighted by atomic mass is 32.1. The molecule has 0 atom stereocenters. The fourth-order valence-corrected chi connectivity index (χ4v) is 4.31. The van der Waals surface area contributed by atoms with Gasteiger partial charge in [0.05, 0.1) is 12.8 Å². The Bertz CT molecular complexity index is 1160. The fraction of sp³-hybridized carbons (Fsp3) is 0.261. The molecule has 1 aliphatic heterocycles. The van der Waals surface area contributed by atoms with Gasteiger partial charge in [0.25, 0.3) is 5.91 Å². The van der Waals surface area contributed by atoms with Gasteiger partial charge in [0.1, 0.15) is 29.7 Å². The lowest BCUT2D eigenvalue weighted by molar-refractivity contribution is -0.122. The van der Waals surface area contributed by atoms with E-state index in [0.29, 0.717) is 23.6 Å². The number of carbonyl (C=O) groups is 2. The van der Waals surface area contributed by atoms with Gasteiger partial charge in [0.15, 0.2) is 0 Å². The number of aromatic nitrogens is 1. The van der Waals surface area contributed by atoms with Gasteiger partial charge in [-0.3, -0.25) is 9.59 Å². The molecule has 1 aromatic heterocycles. The number of nitrogens with zero attached hydrogens (tertiary/aromatic N) is 2. The van der Waals surface area contributed by atoms with E-state index in [9.17, 15) is 9.59 Å². The van der Waals surface area contributed by atoms with E-state index in [1.54, 1.807) is 23.1 Å². The van der Waals surface area contributed by atoms with Gasteiger partial charge in [-0.2, -0.15) is 0 Å². The molecule has 3 aromatic rings. The van der Waals surface area contributed by atoms with E-state index in [4.69, 9.17) is 19.9 Å². The minimum atomic E-state index is -0.551. The van der Waals surface area contributed by atoms with Crippen LogP contribution in [0, 0.1) is 0 Å². The second-order valence-corrected chi connectivity index (χ2v) is 8.19. The zero-order valence-electron chi connectivity index (χ0n) is 17.8. The van der Waals surface area contributed by atoms with E-state index in [1.807, 2.05) is 17.5 Å². The molecule has 0 saturated carbocycles. The number of fused-ring (bicyclic) bond motifs is 1. The van der Waals surface area contributed by atoms with Crippen molar-refractivity contribution in [1.29, 1.82) is 0 Å². The van der Waals surface area contributed by atoms with E-state index in [0.717, 1.165) is 33.9 Å². The summed E-state index contributed by atoms with van der Waals surface area (Å²) in [5.74, 6) is 0.383. The third-order valence-electron chi connectivity index (χ3n) is 5.15. The summed E-state index contributed by atoms with van der Waals surface area (Å²) in [6, 6.07) is 10.8. The van der Waals surface area contributed by atoms with Crippen LogP contribution < -0.4 is 20.1 Å². The molecule has 32 heavy (non-hydrogen) atoms. The standard InChI is InChI=1S/C23H23N3O5S/c1-29-12-22(27)26-6-5-15-7-14(3-4-20(15)26)19-13-32-21(25-19)11-31-18-9-16(23(24)28)8-17(10-18)30-2/h3-4,7-10,13H,5-6,11-12H2,1-2H3,(H2,24,28). The molecule has 1 aliphatic rings. The van der Waals surface area contributed by atoms with Gasteiger partial charge in [-0.1, -0.05) is 6.07 Å². The summed E-state index contributed by atoms with van der Waals surface area (Å²) in [6.07, 6.45) is 0.802. The Morgan fingerprint density at radius 3 is 2.72 bits per heavy atom. The number of thiazole rings is 1. The lowest BCUT2D eigenvalue weighted by atomic mass is 10.1. The molecular weight excluding hydrogens is 430 g/mol. The zero-order chi connectivity index (χ0) is 22.7. The number of benzene rings is 2. The molecule has 8 nitrogen and oxygen atoms in total. The number of rotatable bonds is 8. The Labute approximate surface area is 189 Å². The third-order valence-corrected chi connectivity index (χ3v) is 5.98. The second kappa shape index (κ2) is 9.37. The average molecular weight is 454 g/mol. The molecule has 166 valence electrons. The van der Waals surface area contributed by atoms with E-state index in [-0.39, 0.29) is 19.1 Å². The molecule has 0 radical (unpaired) electrons. The van der Waals surface area contributed by atoms with Crippen LogP contribution in [0.1, 0.15) is 20.9 Å². The van der Waals surface area contributed by atoms with Gasteiger partial charge in [0.2, 0.25) is 5.91 Å². The number of hydrogen-bond acceptors (Lipinski definition) is 7. The van der Waals surface area contributed by atoms with Crippen molar-refractivity contribution in [3.8, 4) is 22.8 Å². The molecule has 2 amide bonds. The molecule has 4 rings (SSSR count). The van der Waals surface area contributed by atoms with Crippen LogP contribution in [0.5, 0.6) is 11.5 Å². The van der Waals surface area contributed by atoms with Gasteiger partial charge < -0.3 is 24.8 Å². The van der Waals surface area contributed by atoms with Crippen LogP contribution in [0.15, 0.2) is 41.8 Å². The zero-order valence-corrected chi connectivity index (χ0v) is 18.6. The predicted molar refractivity (Wildman–Crippen MR) is 121 cm³/mol. The van der Waals surface area contributed by atoms with Crippen molar-refractivity contribution in [2.24, 2.45) is 5.73 Å². The van der Waals surface area contributed by atoms with Gasteiger partial charge >= 0.3 is 0 Å². The van der Waals surface area contributed by atoms with E-state index in [2.05, 4.69) is 11.1 Å². The molecule has 2 heterocycles. The number of ether oxygens (including phenoxy) is 3. The molecule has 0 saturated heterocycles. The van der Waals surface area contributed by atoms with Crippen LogP contribution in [-0.4, -0.2) is 44.2 Å². The van der Waals surface area contributed by atoms with E-state index in [1.165, 1.54) is 25.6 Å². The van der Waals surface area contributed by atoms with Crippen LogP contribution in [0.2, 0.25) is 0 Å². The number of methoxy groups -OCH3 is 2. The van der Waals surface area contributed by atoms with Crippen molar-refractivity contribution in [1.82, 2.24) is 4.98 Å². The summed E-state index contributed by atoms with van der Waals surface area (Å²) in [5.41, 5.74) is 9.57. The summed E-state index contributed by atoms with van der Waals surface area (Å²) in [7, 11) is 3.03. The monoisotopic (exact) mass is 453 g/mol. The number of hydrogen-bond donors (Lipinski definition) is 1. The molecular formula is C23H23N3O5S. The Hall–Kier alpha value is -3.43. The first-order chi connectivity index (χ1) is 15.5. The Morgan fingerprint density at radius 2 is 1.97 bits per heavy atom. The molecule has 0 bridgehead atoms. The lowest BCUT2D eigenvalue weighted by Gasteiger charge is -2.16. The van der Waals surface area contributed by atoms with Gasteiger partial charge in [-0.25, -0.2) is 4.98 Å². The van der Waals surface area contributed by atoms with Crippen molar-refractivity contribution >= 4 is 28.8 Å². The van der Waals surface area contributed by atoms with Gasteiger partial charge in [-0.05, 0) is 36.2 Å². The molecule has 0 aliphatic carbocycles. The van der Waals surface area contributed by atoms with E-state index >= 15 is 0 Å². The number of amides is 2. The maximum Gasteiger partial charge on any atom is 0.252 e. The molecule has 0 spiro atoms. The highest BCUT2D eigenvalue weighted by molar-refractivity contribution is 7.09. The van der Waals surface area contributed by atoms with Crippen molar-refractivity contribution in [2.45, 2.75) is 13.0 Å². The van der Waals surface area contributed by atoms with Crippen LogP contribution in [-0.2, 0) is 22.6 Å². The Kier molecular flexibility index (Phi) is 6.38. The molecule has 2 N–H and O–H groups in total. The summed E-state index contributed by atoms with van der Waals surface area (Å²) < 4.78 is 16.0. The van der Waals surface area contributed by atoms with Gasteiger partial charge in [-0.15, -0.1) is 11.3 Å². The fourth-order valence-electron chi connectivity index (χ4n) is 3.59.